The number of nitrogens with two attached hydrogens (primary N) is 2. The monoisotopic (exact) mass is 299 g/mol. The lowest BCUT2D eigenvalue weighted by Crippen LogP contribution is -2.35. The number of carbonyl (C=O) groups is 2. The predicted octanol–water partition coefficient (Wildman–Crippen LogP) is 1.02. The number of amides is 2. The van der Waals surface area contributed by atoms with Gasteiger partial charge >= 0.3 is 0 Å². The van der Waals surface area contributed by atoms with Gasteiger partial charge in [0.25, 0.3) is 5.91 Å². The molecule has 0 saturated heterocycles. The summed E-state index contributed by atoms with van der Waals surface area (Å²) in [5.41, 5.74) is 11.6. The van der Waals surface area contributed by atoms with E-state index >= 15 is 0 Å². The van der Waals surface area contributed by atoms with Gasteiger partial charge in [-0.1, -0.05) is 0 Å². The third kappa shape index (κ3) is 4.07. The zero-order valence-electron chi connectivity index (χ0n) is 9.37. The molecule has 5 nitrogen and oxygen atoms in total. The Hall–Kier alpha value is -1.56. The molecule has 0 aliphatic heterocycles. The summed E-state index contributed by atoms with van der Waals surface area (Å²) in [6.07, 6.45) is 0.103. The fraction of sp³-hybridized carbons (Fsp3) is 0.273. The molecular weight excluding hydrogens is 286 g/mol. The van der Waals surface area contributed by atoms with E-state index in [1.165, 1.54) is 0 Å². The Balaban J connectivity index is 2.76. The van der Waals surface area contributed by atoms with Gasteiger partial charge in [0.2, 0.25) is 5.91 Å². The van der Waals surface area contributed by atoms with E-state index in [0.717, 1.165) is 0 Å². The van der Waals surface area contributed by atoms with Crippen molar-refractivity contribution in [1.29, 1.82) is 0 Å². The summed E-state index contributed by atoms with van der Waals surface area (Å²) in [6.45, 7) is 1.71. The van der Waals surface area contributed by atoms with E-state index in [0.29, 0.717) is 15.7 Å². The Morgan fingerprint density at radius 3 is 2.71 bits per heavy atom. The number of rotatable bonds is 4. The number of carbonyl (C=O) groups excluding carboxylic acids is 2. The maximum atomic E-state index is 11.9. The zero-order chi connectivity index (χ0) is 13.0. The SMILES string of the molecule is CC(CC(N)=O)NC(=O)c1cc(N)ccc1Br. The Bertz CT molecular complexity index is 448. The maximum absolute atomic E-state index is 11.9. The topological polar surface area (TPSA) is 98.2 Å². The Labute approximate surface area is 108 Å². The molecular formula is C11H14BrN3O2. The number of anilines is 1. The number of benzene rings is 1. The van der Waals surface area contributed by atoms with Crippen LogP contribution < -0.4 is 16.8 Å². The summed E-state index contributed by atoms with van der Waals surface area (Å²) in [6, 6.07) is 4.64. The molecule has 0 bridgehead atoms. The van der Waals surface area contributed by atoms with Crippen molar-refractivity contribution in [2.75, 3.05) is 5.73 Å². The van der Waals surface area contributed by atoms with Gasteiger partial charge < -0.3 is 16.8 Å². The van der Waals surface area contributed by atoms with E-state index in [4.69, 9.17) is 11.5 Å². The summed E-state index contributed by atoms with van der Waals surface area (Å²) < 4.78 is 0.649. The van der Waals surface area contributed by atoms with Crippen molar-refractivity contribution in [3.63, 3.8) is 0 Å². The third-order valence-corrected chi connectivity index (χ3v) is 2.81. The molecule has 1 unspecified atom stereocenters. The van der Waals surface area contributed by atoms with Gasteiger partial charge in [-0.15, -0.1) is 0 Å². The van der Waals surface area contributed by atoms with Gasteiger partial charge in [-0.3, -0.25) is 9.59 Å². The fourth-order valence-electron chi connectivity index (χ4n) is 1.37. The van der Waals surface area contributed by atoms with E-state index in [1.54, 1.807) is 25.1 Å². The zero-order valence-corrected chi connectivity index (χ0v) is 11.0. The molecule has 0 saturated carbocycles. The molecule has 92 valence electrons. The molecule has 17 heavy (non-hydrogen) atoms. The second-order valence-corrected chi connectivity index (χ2v) is 4.64. The first-order chi connectivity index (χ1) is 7.90. The second kappa shape index (κ2) is 5.67. The molecule has 1 aromatic carbocycles. The molecule has 1 atom stereocenters. The minimum atomic E-state index is -0.454. The summed E-state index contributed by atoms with van der Waals surface area (Å²) in [5.74, 6) is -0.748. The highest BCUT2D eigenvalue weighted by Crippen LogP contribution is 2.19. The van der Waals surface area contributed by atoms with Crippen LogP contribution in [0.2, 0.25) is 0 Å². The van der Waals surface area contributed by atoms with Crippen molar-refractivity contribution >= 4 is 33.4 Å². The highest BCUT2D eigenvalue weighted by Gasteiger charge is 2.14. The number of nitrogen functional groups attached to an aromatic ring is 1. The second-order valence-electron chi connectivity index (χ2n) is 3.78. The summed E-state index contributed by atoms with van der Waals surface area (Å²) in [7, 11) is 0. The standard InChI is InChI=1S/C11H14BrN3O2/c1-6(4-10(14)16)15-11(17)8-5-7(13)2-3-9(8)12/h2-3,5-6H,4,13H2,1H3,(H2,14,16)(H,15,17). The maximum Gasteiger partial charge on any atom is 0.252 e. The van der Waals surface area contributed by atoms with Crippen LogP contribution in [0.4, 0.5) is 5.69 Å². The average Bonchev–Trinajstić information content (AvgIpc) is 2.20. The van der Waals surface area contributed by atoms with Gasteiger partial charge in [-0.25, -0.2) is 0 Å². The van der Waals surface area contributed by atoms with Crippen molar-refractivity contribution in [2.24, 2.45) is 5.73 Å². The highest BCUT2D eigenvalue weighted by molar-refractivity contribution is 9.10. The molecule has 0 spiro atoms. The minimum absolute atomic E-state index is 0.103. The minimum Gasteiger partial charge on any atom is -0.399 e. The molecule has 0 heterocycles. The normalized spacial score (nSPS) is 11.9. The molecule has 5 N–H and O–H groups in total. The molecule has 1 rings (SSSR count). The van der Waals surface area contributed by atoms with Crippen LogP contribution in [0, 0.1) is 0 Å². The van der Waals surface area contributed by atoms with Gasteiger partial charge in [0.1, 0.15) is 0 Å². The van der Waals surface area contributed by atoms with Crippen molar-refractivity contribution in [3.8, 4) is 0 Å². The van der Waals surface area contributed by atoms with Crippen LogP contribution in [-0.4, -0.2) is 17.9 Å². The van der Waals surface area contributed by atoms with Gasteiger partial charge in [-0.2, -0.15) is 0 Å². The van der Waals surface area contributed by atoms with Crippen LogP contribution in [0.15, 0.2) is 22.7 Å². The molecule has 0 radical (unpaired) electrons. The van der Waals surface area contributed by atoms with Crippen molar-refractivity contribution in [1.82, 2.24) is 5.32 Å². The summed E-state index contributed by atoms with van der Waals surface area (Å²) in [5, 5.41) is 2.67. The van der Waals surface area contributed by atoms with Crippen molar-refractivity contribution in [3.05, 3.63) is 28.2 Å². The van der Waals surface area contributed by atoms with Crippen molar-refractivity contribution < 1.29 is 9.59 Å². The van der Waals surface area contributed by atoms with Crippen LogP contribution in [0.5, 0.6) is 0 Å². The lowest BCUT2D eigenvalue weighted by Gasteiger charge is -2.13. The first kappa shape index (κ1) is 13.5. The number of primary amides is 1. The number of hydrogen-bond donors (Lipinski definition) is 3. The Morgan fingerprint density at radius 2 is 2.12 bits per heavy atom. The van der Waals surface area contributed by atoms with Gasteiger partial charge in [0, 0.05) is 22.6 Å². The van der Waals surface area contributed by atoms with Gasteiger partial charge in [-0.05, 0) is 41.1 Å². The van der Waals surface area contributed by atoms with E-state index in [9.17, 15) is 9.59 Å². The van der Waals surface area contributed by atoms with E-state index in [1.807, 2.05) is 0 Å². The van der Waals surface area contributed by atoms with Crippen LogP contribution >= 0.6 is 15.9 Å². The lowest BCUT2D eigenvalue weighted by atomic mass is 10.1. The molecule has 0 fully saturated rings. The Morgan fingerprint density at radius 1 is 1.47 bits per heavy atom. The molecule has 6 heteroatoms. The highest BCUT2D eigenvalue weighted by atomic mass is 79.9. The molecule has 0 aliphatic rings. The van der Waals surface area contributed by atoms with E-state index in [2.05, 4.69) is 21.2 Å². The van der Waals surface area contributed by atoms with E-state index < -0.39 is 5.91 Å². The molecule has 0 aliphatic carbocycles. The molecule has 0 aromatic heterocycles. The average molecular weight is 300 g/mol. The number of nitrogens with one attached hydrogen (secondary N) is 1. The van der Waals surface area contributed by atoms with Crippen molar-refractivity contribution in [2.45, 2.75) is 19.4 Å². The third-order valence-electron chi connectivity index (χ3n) is 2.12. The lowest BCUT2D eigenvalue weighted by molar-refractivity contribution is -0.118. The van der Waals surface area contributed by atoms with Gasteiger partial charge in [0.15, 0.2) is 0 Å². The first-order valence-corrected chi connectivity index (χ1v) is 5.83. The quantitative estimate of drug-likeness (QED) is 0.724. The molecule has 1 aromatic rings. The smallest absolute Gasteiger partial charge is 0.252 e. The van der Waals surface area contributed by atoms with Crippen LogP contribution in [0.1, 0.15) is 23.7 Å². The summed E-state index contributed by atoms with van der Waals surface area (Å²) in [4.78, 5) is 22.6. The predicted molar refractivity (Wildman–Crippen MR) is 69.3 cm³/mol. The van der Waals surface area contributed by atoms with Crippen LogP contribution in [0.25, 0.3) is 0 Å². The van der Waals surface area contributed by atoms with E-state index in [-0.39, 0.29) is 18.4 Å². The fourth-order valence-corrected chi connectivity index (χ4v) is 1.80. The first-order valence-electron chi connectivity index (χ1n) is 5.04. The van der Waals surface area contributed by atoms with Gasteiger partial charge in [0.05, 0.1) is 5.56 Å². The number of halogens is 1. The largest absolute Gasteiger partial charge is 0.399 e. The summed E-state index contributed by atoms with van der Waals surface area (Å²) >= 11 is 3.26. The molecule has 2 amide bonds. The van der Waals surface area contributed by atoms with Crippen LogP contribution in [0.3, 0.4) is 0 Å². The number of hydrogen-bond acceptors (Lipinski definition) is 3. The van der Waals surface area contributed by atoms with Crippen LogP contribution in [-0.2, 0) is 4.79 Å². The Kier molecular flexibility index (Phi) is 4.51.